The zero-order valence-corrected chi connectivity index (χ0v) is 11.5. The second-order valence-electron chi connectivity index (χ2n) is 4.32. The number of halogens is 1. The molecule has 96 valence electrons. The van der Waals surface area contributed by atoms with E-state index in [2.05, 4.69) is 26.9 Å². The highest BCUT2D eigenvalue weighted by Gasteiger charge is 2.22. The van der Waals surface area contributed by atoms with Gasteiger partial charge in [-0.05, 0) is 17.7 Å². The maximum atomic E-state index is 10.2. The fourth-order valence-corrected chi connectivity index (χ4v) is 2.43. The highest BCUT2D eigenvalue weighted by atomic mass is 79.9. The minimum absolute atomic E-state index is 0.381. The minimum Gasteiger partial charge on any atom is -0.387 e. The van der Waals surface area contributed by atoms with Gasteiger partial charge in [0.05, 0.1) is 18.8 Å². The second kappa shape index (κ2) is 6.30. The van der Waals surface area contributed by atoms with Crippen molar-refractivity contribution < 1.29 is 9.84 Å². The molecule has 1 aliphatic heterocycles. The van der Waals surface area contributed by atoms with Crippen LogP contribution in [-0.4, -0.2) is 42.4 Å². The molecule has 4 nitrogen and oxygen atoms in total. The smallest absolute Gasteiger partial charge is 0.156 e. The van der Waals surface area contributed by atoms with E-state index < -0.39 is 6.10 Å². The Bertz CT molecular complexity index is 447. The van der Waals surface area contributed by atoms with Crippen LogP contribution >= 0.6 is 15.9 Å². The summed E-state index contributed by atoms with van der Waals surface area (Å²) in [7, 11) is 0. The number of nitrogens with zero attached hydrogens (tertiary/aromatic N) is 2. The molecule has 1 aromatic rings. The number of β-amino-alcohol motifs (C(OH)–C–C–N with tert-alkyl or cyclic N) is 1. The molecule has 0 radical (unpaired) electrons. The van der Waals surface area contributed by atoms with Gasteiger partial charge in [0.2, 0.25) is 0 Å². The third-order valence-electron chi connectivity index (χ3n) is 2.96. The quantitative estimate of drug-likeness (QED) is 0.923. The SMILES string of the molecule is N#CC1CN(CC(O)c2cccc(Br)c2)CCO1. The van der Waals surface area contributed by atoms with E-state index >= 15 is 0 Å². The van der Waals surface area contributed by atoms with E-state index in [1.165, 1.54) is 0 Å². The van der Waals surface area contributed by atoms with Crippen LogP contribution in [0.25, 0.3) is 0 Å². The van der Waals surface area contributed by atoms with Gasteiger partial charge >= 0.3 is 0 Å². The molecule has 1 fully saturated rings. The Morgan fingerprint density at radius 3 is 3.17 bits per heavy atom. The summed E-state index contributed by atoms with van der Waals surface area (Å²) in [6.45, 7) is 2.38. The standard InChI is InChI=1S/C13H15BrN2O2/c14-11-3-1-2-10(6-11)13(17)9-16-4-5-18-12(7-15)8-16/h1-3,6,12-13,17H,4-5,8-9H2. The molecule has 0 saturated carbocycles. The molecular formula is C13H15BrN2O2. The van der Waals surface area contributed by atoms with Gasteiger partial charge in [-0.1, -0.05) is 28.1 Å². The molecule has 1 aromatic carbocycles. The van der Waals surface area contributed by atoms with Gasteiger partial charge in [0.25, 0.3) is 0 Å². The highest BCUT2D eigenvalue weighted by Crippen LogP contribution is 2.19. The van der Waals surface area contributed by atoms with Crippen LogP contribution in [0.4, 0.5) is 0 Å². The monoisotopic (exact) mass is 310 g/mol. The van der Waals surface area contributed by atoms with Crippen molar-refractivity contribution in [3.63, 3.8) is 0 Å². The lowest BCUT2D eigenvalue weighted by atomic mass is 10.1. The maximum Gasteiger partial charge on any atom is 0.156 e. The number of nitriles is 1. The molecule has 18 heavy (non-hydrogen) atoms. The predicted molar refractivity (Wildman–Crippen MR) is 70.9 cm³/mol. The second-order valence-corrected chi connectivity index (χ2v) is 5.23. The fraction of sp³-hybridized carbons (Fsp3) is 0.462. The van der Waals surface area contributed by atoms with Gasteiger partial charge < -0.3 is 9.84 Å². The predicted octanol–water partition coefficient (Wildman–Crippen LogP) is 1.71. The third-order valence-corrected chi connectivity index (χ3v) is 3.45. The molecule has 0 bridgehead atoms. The number of benzene rings is 1. The molecule has 1 saturated heterocycles. The summed E-state index contributed by atoms with van der Waals surface area (Å²) in [6.07, 6.45) is -0.923. The van der Waals surface area contributed by atoms with Crippen LogP contribution in [0.3, 0.4) is 0 Å². The van der Waals surface area contributed by atoms with Crippen molar-refractivity contribution >= 4 is 15.9 Å². The van der Waals surface area contributed by atoms with E-state index in [9.17, 15) is 5.11 Å². The molecule has 1 N–H and O–H groups in total. The number of morpholine rings is 1. The lowest BCUT2D eigenvalue weighted by Crippen LogP contribution is -2.43. The normalized spacial score (nSPS) is 22.4. The molecule has 0 amide bonds. The number of aliphatic hydroxyl groups excluding tert-OH is 1. The Labute approximate surface area is 115 Å². The van der Waals surface area contributed by atoms with Crippen molar-refractivity contribution in [2.75, 3.05) is 26.2 Å². The van der Waals surface area contributed by atoms with Gasteiger partial charge in [0, 0.05) is 24.1 Å². The summed E-state index contributed by atoms with van der Waals surface area (Å²) in [5, 5.41) is 19.0. The lowest BCUT2D eigenvalue weighted by molar-refractivity contribution is -0.0159. The fourth-order valence-electron chi connectivity index (χ4n) is 2.01. The van der Waals surface area contributed by atoms with Crippen LogP contribution in [0.15, 0.2) is 28.7 Å². The summed E-state index contributed by atoms with van der Waals surface area (Å²) >= 11 is 3.39. The molecule has 2 unspecified atom stereocenters. The van der Waals surface area contributed by atoms with Crippen LogP contribution < -0.4 is 0 Å². The third kappa shape index (κ3) is 3.53. The van der Waals surface area contributed by atoms with Gasteiger partial charge in [0.15, 0.2) is 6.10 Å². The molecular weight excluding hydrogens is 296 g/mol. The first-order valence-corrected chi connectivity index (χ1v) is 6.65. The Morgan fingerprint density at radius 1 is 1.61 bits per heavy atom. The Hall–Kier alpha value is -0.930. The van der Waals surface area contributed by atoms with Crippen molar-refractivity contribution in [1.29, 1.82) is 5.26 Å². The number of rotatable bonds is 3. The Morgan fingerprint density at radius 2 is 2.44 bits per heavy atom. The Kier molecular flexibility index (Phi) is 4.72. The molecule has 2 atom stereocenters. The van der Waals surface area contributed by atoms with Crippen LogP contribution in [0.5, 0.6) is 0 Å². The first-order chi connectivity index (χ1) is 8.69. The van der Waals surface area contributed by atoms with E-state index in [-0.39, 0.29) is 6.10 Å². The number of hydrogen-bond donors (Lipinski definition) is 1. The zero-order valence-electron chi connectivity index (χ0n) is 9.92. The molecule has 1 aliphatic rings. The molecule has 2 rings (SSSR count). The number of ether oxygens (including phenoxy) is 1. The summed E-state index contributed by atoms with van der Waals surface area (Å²) in [6, 6.07) is 9.74. The van der Waals surface area contributed by atoms with Gasteiger partial charge in [-0.25, -0.2) is 0 Å². The number of aliphatic hydroxyl groups is 1. The van der Waals surface area contributed by atoms with Crippen LogP contribution in [0, 0.1) is 11.3 Å². The van der Waals surface area contributed by atoms with E-state index in [4.69, 9.17) is 10.00 Å². The molecule has 5 heteroatoms. The summed E-state index contributed by atoms with van der Waals surface area (Å²) in [5.41, 5.74) is 0.879. The van der Waals surface area contributed by atoms with Gasteiger partial charge in [0.1, 0.15) is 0 Å². The van der Waals surface area contributed by atoms with Gasteiger partial charge in [-0.2, -0.15) is 5.26 Å². The van der Waals surface area contributed by atoms with Crippen molar-refractivity contribution in [3.05, 3.63) is 34.3 Å². The van der Waals surface area contributed by atoms with E-state index in [1.54, 1.807) is 0 Å². The van der Waals surface area contributed by atoms with Gasteiger partial charge in [-0.15, -0.1) is 0 Å². The largest absolute Gasteiger partial charge is 0.387 e. The van der Waals surface area contributed by atoms with Crippen molar-refractivity contribution in [1.82, 2.24) is 4.90 Å². The van der Waals surface area contributed by atoms with E-state index in [0.717, 1.165) is 16.6 Å². The lowest BCUT2D eigenvalue weighted by Gasteiger charge is -2.31. The van der Waals surface area contributed by atoms with Gasteiger partial charge in [-0.3, -0.25) is 4.90 Å². The van der Waals surface area contributed by atoms with Crippen molar-refractivity contribution in [2.24, 2.45) is 0 Å². The summed E-state index contributed by atoms with van der Waals surface area (Å²) in [4.78, 5) is 2.06. The van der Waals surface area contributed by atoms with Crippen LogP contribution in [-0.2, 0) is 4.74 Å². The van der Waals surface area contributed by atoms with Crippen molar-refractivity contribution in [2.45, 2.75) is 12.2 Å². The average molecular weight is 311 g/mol. The molecule has 0 spiro atoms. The molecule has 0 aliphatic carbocycles. The van der Waals surface area contributed by atoms with E-state index in [1.807, 2.05) is 24.3 Å². The zero-order chi connectivity index (χ0) is 13.0. The molecule has 0 aromatic heterocycles. The minimum atomic E-state index is -0.542. The topological polar surface area (TPSA) is 56.5 Å². The average Bonchev–Trinajstić information content (AvgIpc) is 2.39. The summed E-state index contributed by atoms with van der Waals surface area (Å²) < 4.78 is 6.23. The van der Waals surface area contributed by atoms with Crippen LogP contribution in [0.2, 0.25) is 0 Å². The number of hydrogen-bond acceptors (Lipinski definition) is 4. The summed E-state index contributed by atoms with van der Waals surface area (Å²) in [5.74, 6) is 0. The highest BCUT2D eigenvalue weighted by molar-refractivity contribution is 9.10. The van der Waals surface area contributed by atoms with E-state index in [0.29, 0.717) is 19.7 Å². The maximum absolute atomic E-state index is 10.2. The molecule has 1 heterocycles. The first-order valence-electron chi connectivity index (χ1n) is 5.86. The van der Waals surface area contributed by atoms with Crippen LogP contribution in [0.1, 0.15) is 11.7 Å². The van der Waals surface area contributed by atoms with Crippen molar-refractivity contribution in [3.8, 4) is 6.07 Å². The first kappa shape index (κ1) is 13.5. The Balaban J connectivity index is 1.95.